The molecule has 1 aliphatic heterocycles. The molecule has 0 saturated carbocycles. The highest BCUT2D eigenvalue weighted by Gasteiger charge is 2.19. The summed E-state index contributed by atoms with van der Waals surface area (Å²) in [7, 11) is 0. The number of imide groups is 1. The molecule has 6 nitrogen and oxygen atoms in total. The monoisotopic (exact) mass is 285 g/mol. The third kappa shape index (κ3) is 6.86. The fraction of sp³-hybridized carbons (Fsp3) is 0.857. The number of hydrogen-bond acceptors (Lipinski definition) is 4. The molecule has 1 aliphatic rings. The van der Waals surface area contributed by atoms with Crippen LogP contribution in [0.25, 0.3) is 0 Å². The van der Waals surface area contributed by atoms with Gasteiger partial charge in [-0.05, 0) is 39.2 Å². The van der Waals surface area contributed by atoms with Gasteiger partial charge >= 0.3 is 6.03 Å². The molecule has 0 bridgehead atoms. The first kappa shape index (κ1) is 16.9. The Balaban J connectivity index is 2.36. The van der Waals surface area contributed by atoms with Crippen molar-refractivity contribution >= 4 is 11.9 Å². The third-order valence-electron chi connectivity index (χ3n) is 3.23. The van der Waals surface area contributed by atoms with Crippen molar-refractivity contribution in [2.24, 2.45) is 0 Å². The highest BCUT2D eigenvalue weighted by molar-refractivity contribution is 5.95. The zero-order valence-electron chi connectivity index (χ0n) is 12.6. The maximum Gasteiger partial charge on any atom is 0.321 e. The normalized spacial score (nSPS) is 18.9. The van der Waals surface area contributed by atoms with Crippen molar-refractivity contribution in [3.8, 4) is 0 Å². The molecule has 0 aromatic heterocycles. The summed E-state index contributed by atoms with van der Waals surface area (Å²) in [5.41, 5.74) is 0. The van der Waals surface area contributed by atoms with Gasteiger partial charge in [-0.25, -0.2) is 4.79 Å². The summed E-state index contributed by atoms with van der Waals surface area (Å²) >= 11 is 0. The predicted octanol–water partition coefficient (Wildman–Crippen LogP) is 1.11. The minimum Gasteiger partial charge on any atom is -0.377 e. The highest BCUT2D eigenvalue weighted by Crippen LogP contribution is 2.13. The van der Waals surface area contributed by atoms with Crippen molar-refractivity contribution in [2.45, 2.75) is 45.6 Å². The van der Waals surface area contributed by atoms with E-state index in [1.165, 1.54) is 6.42 Å². The van der Waals surface area contributed by atoms with Crippen molar-refractivity contribution in [3.05, 3.63) is 0 Å². The summed E-state index contributed by atoms with van der Waals surface area (Å²) in [6.07, 6.45) is 4.56. The molecular weight excluding hydrogens is 258 g/mol. The molecule has 2 N–H and O–H groups in total. The van der Waals surface area contributed by atoms with Crippen LogP contribution in [0.5, 0.6) is 0 Å². The number of carbonyl (C=O) groups excluding carboxylic acids is 2. The van der Waals surface area contributed by atoms with Gasteiger partial charge in [-0.1, -0.05) is 6.92 Å². The molecule has 0 radical (unpaired) electrons. The van der Waals surface area contributed by atoms with Crippen LogP contribution in [-0.2, 0) is 9.53 Å². The summed E-state index contributed by atoms with van der Waals surface area (Å²) in [5, 5.41) is 4.88. The Morgan fingerprint density at radius 2 is 2.10 bits per heavy atom. The fourth-order valence-corrected chi connectivity index (χ4v) is 2.36. The zero-order valence-corrected chi connectivity index (χ0v) is 12.6. The van der Waals surface area contributed by atoms with Crippen LogP contribution >= 0.6 is 0 Å². The van der Waals surface area contributed by atoms with Gasteiger partial charge in [-0.3, -0.25) is 15.0 Å². The molecule has 0 aromatic carbocycles. The molecule has 0 unspecified atom stereocenters. The number of rotatable bonds is 7. The van der Waals surface area contributed by atoms with Gasteiger partial charge in [0, 0.05) is 19.7 Å². The Hall–Kier alpha value is -1.14. The zero-order chi connectivity index (χ0) is 14.8. The number of hydrogen-bond donors (Lipinski definition) is 2. The maximum absolute atomic E-state index is 11.8. The van der Waals surface area contributed by atoms with Crippen molar-refractivity contribution < 1.29 is 14.3 Å². The number of carbonyl (C=O) groups is 2. The van der Waals surface area contributed by atoms with Gasteiger partial charge in [-0.2, -0.15) is 0 Å². The van der Waals surface area contributed by atoms with Crippen LogP contribution in [0.3, 0.4) is 0 Å². The van der Waals surface area contributed by atoms with Gasteiger partial charge in [0.1, 0.15) is 0 Å². The van der Waals surface area contributed by atoms with Crippen LogP contribution in [0.2, 0.25) is 0 Å². The first-order valence-electron chi connectivity index (χ1n) is 7.57. The van der Waals surface area contributed by atoms with E-state index < -0.39 is 6.03 Å². The van der Waals surface area contributed by atoms with E-state index in [1.54, 1.807) is 0 Å². The highest BCUT2D eigenvalue weighted by atomic mass is 16.5. The number of amides is 3. The van der Waals surface area contributed by atoms with Crippen molar-refractivity contribution in [3.63, 3.8) is 0 Å². The molecule has 1 fully saturated rings. The fourth-order valence-electron chi connectivity index (χ4n) is 2.36. The Kier molecular flexibility index (Phi) is 8.22. The Morgan fingerprint density at radius 1 is 1.30 bits per heavy atom. The van der Waals surface area contributed by atoms with Crippen molar-refractivity contribution in [1.29, 1.82) is 0 Å². The van der Waals surface area contributed by atoms with Crippen molar-refractivity contribution in [2.75, 3.05) is 32.8 Å². The SMILES string of the molecule is CCCN(CC(=O)NC(=O)NCC)C[C@@H]1CCCCO1. The quantitative estimate of drug-likeness (QED) is 0.735. The van der Waals surface area contributed by atoms with Gasteiger partial charge in [0.2, 0.25) is 5.91 Å². The summed E-state index contributed by atoms with van der Waals surface area (Å²) in [6, 6.07) is -0.428. The average molecular weight is 285 g/mol. The first-order valence-corrected chi connectivity index (χ1v) is 7.57. The predicted molar refractivity (Wildman–Crippen MR) is 77.5 cm³/mol. The lowest BCUT2D eigenvalue weighted by molar-refractivity contribution is -0.121. The first-order chi connectivity index (χ1) is 9.65. The average Bonchev–Trinajstić information content (AvgIpc) is 2.40. The Bertz CT molecular complexity index is 304. The van der Waals surface area contributed by atoms with E-state index in [2.05, 4.69) is 22.5 Å². The summed E-state index contributed by atoms with van der Waals surface area (Å²) in [6.45, 7) is 7.05. The second-order valence-corrected chi connectivity index (χ2v) is 5.13. The van der Waals surface area contributed by atoms with E-state index in [0.717, 1.165) is 39.0 Å². The van der Waals surface area contributed by atoms with E-state index >= 15 is 0 Å². The second kappa shape index (κ2) is 9.72. The van der Waals surface area contributed by atoms with Gasteiger partial charge in [0.05, 0.1) is 12.6 Å². The molecule has 0 aromatic rings. The second-order valence-electron chi connectivity index (χ2n) is 5.13. The molecule has 6 heteroatoms. The molecule has 116 valence electrons. The number of ether oxygens (including phenoxy) is 1. The standard InChI is InChI=1S/C14H27N3O3/c1-3-8-17(10-12-7-5-6-9-20-12)11-13(18)16-14(19)15-4-2/h12H,3-11H2,1-2H3,(H2,15,16,18,19)/t12-/m0/s1. The molecule has 0 aliphatic carbocycles. The molecule has 1 heterocycles. The summed E-state index contributed by atoms with van der Waals surface area (Å²) in [5.74, 6) is -0.264. The number of urea groups is 1. The summed E-state index contributed by atoms with van der Waals surface area (Å²) in [4.78, 5) is 25.2. The lowest BCUT2D eigenvalue weighted by atomic mass is 10.1. The minimum absolute atomic E-state index is 0.215. The lowest BCUT2D eigenvalue weighted by Gasteiger charge is -2.29. The van der Waals surface area contributed by atoms with Crippen molar-refractivity contribution in [1.82, 2.24) is 15.5 Å². The van der Waals surface area contributed by atoms with Gasteiger partial charge in [0.25, 0.3) is 0 Å². The molecule has 1 rings (SSSR count). The molecule has 1 atom stereocenters. The minimum atomic E-state index is -0.428. The van der Waals surface area contributed by atoms with Crippen LogP contribution in [0.1, 0.15) is 39.5 Å². The summed E-state index contributed by atoms with van der Waals surface area (Å²) < 4.78 is 5.70. The Labute approximate surface area is 121 Å². The number of nitrogens with zero attached hydrogens (tertiary/aromatic N) is 1. The van der Waals surface area contributed by atoms with E-state index in [4.69, 9.17) is 4.74 Å². The van der Waals surface area contributed by atoms with Crippen LogP contribution in [0.15, 0.2) is 0 Å². The van der Waals surface area contributed by atoms with Crippen LogP contribution in [0, 0.1) is 0 Å². The molecule has 20 heavy (non-hydrogen) atoms. The van der Waals surface area contributed by atoms with Gasteiger partial charge in [0.15, 0.2) is 0 Å². The molecule has 0 spiro atoms. The van der Waals surface area contributed by atoms with Crippen LogP contribution in [-0.4, -0.2) is 55.7 Å². The Morgan fingerprint density at radius 3 is 2.70 bits per heavy atom. The largest absolute Gasteiger partial charge is 0.377 e. The maximum atomic E-state index is 11.8. The molecule has 3 amide bonds. The van der Waals surface area contributed by atoms with Gasteiger partial charge in [-0.15, -0.1) is 0 Å². The topological polar surface area (TPSA) is 70.7 Å². The van der Waals surface area contributed by atoms with E-state index in [1.807, 2.05) is 6.92 Å². The third-order valence-corrected chi connectivity index (χ3v) is 3.23. The van der Waals surface area contributed by atoms with E-state index in [-0.39, 0.29) is 18.6 Å². The van der Waals surface area contributed by atoms with Crippen LogP contribution in [0.4, 0.5) is 4.79 Å². The molecule has 1 saturated heterocycles. The molecular formula is C14H27N3O3. The smallest absolute Gasteiger partial charge is 0.321 e. The number of nitrogens with one attached hydrogen (secondary N) is 2. The van der Waals surface area contributed by atoms with E-state index in [0.29, 0.717) is 6.54 Å². The lowest BCUT2D eigenvalue weighted by Crippen LogP contribution is -2.46. The van der Waals surface area contributed by atoms with Crippen LogP contribution < -0.4 is 10.6 Å². The van der Waals surface area contributed by atoms with E-state index in [9.17, 15) is 9.59 Å². The van der Waals surface area contributed by atoms with Gasteiger partial charge < -0.3 is 10.1 Å².